The lowest BCUT2D eigenvalue weighted by Gasteiger charge is -2.14. The van der Waals surface area contributed by atoms with Crippen LogP contribution >= 0.6 is 23.4 Å². The average molecular weight is 469 g/mol. The number of halogens is 1. The molecule has 2 aliphatic carbocycles. The molecule has 2 aromatic carbocycles. The van der Waals surface area contributed by atoms with Crippen molar-refractivity contribution in [2.75, 3.05) is 5.32 Å². The fourth-order valence-electron chi connectivity index (χ4n) is 3.99. The van der Waals surface area contributed by atoms with Crippen LogP contribution in [0.25, 0.3) is 0 Å². The van der Waals surface area contributed by atoms with Gasteiger partial charge >= 0.3 is 0 Å². The van der Waals surface area contributed by atoms with E-state index in [-0.39, 0.29) is 17.8 Å². The Bertz CT molecular complexity index is 1140. The number of anilines is 1. The summed E-state index contributed by atoms with van der Waals surface area (Å²) in [6.45, 7) is 2.18. The first-order chi connectivity index (χ1) is 15.6. The highest BCUT2D eigenvalue weighted by atomic mass is 35.5. The number of para-hydroxylation sites is 1. The molecular formula is C24H25ClN4O2S. The molecule has 1 amide bonds. The smallest absolute Gasteiger partial charge is 0.237 e. The Hall–Kier alpha value is -2.51. The highest BCUT2D eigenvalue weighted by Gasteiger charge is 2.31. The Kier molecular flexibility index (Phi) is 6.11. The molecule has 6 nitrogen and oxygen atoms in total. The van der Waals surface area contributed by atoms with Gasteiger partial charge in [0.2, 0.25) is 5.91 Å². The van der Waals surface area contributed by atoms with E-state index in [1.807, 2.05) is 31.2 Å². The van der Waals surface area contributed by atoms with Crippen molar-refractivity contribution in [3.05, 3.63) is 64.4 Å². The van der Waals surface area contributed by atoms with E-state index in [2.05, 4.69) is 32.2 Å². The van der Waals surface area contributed by atoms with E-state index in [0.29, 0.717) is 16.8 Å². The van der Waals surface area contributed by atoms with E-state index in [1.165, 1.54) is 29.3 Å². The molecule has 8 heteroatoms. The molecule has 1 atom stereocenters. The number of nitrogens with zero attached hydrogens (tertiary/aromatic N) is 3. The zero-order valence-corrected chi connectivity index (χ0v) is 19.5. The van der Waals surface area contributed by atoms with Crippen LogP contribution in [-0.2, 0) is 24.2 Å². The predicted octanol–water partition coefficient (Wildman–Crippen LogP) is 5.45. The lowest BCUT2D eigenvalue weighted by Crippen LogP contribution is -2.23. The maximum Gasteiger partial charge on any atom is 0.237 e. The fourth-order valence-corrected chi connectivity index (χ4v) is 5.12. The number of thioether (sulfide) groups is 1. The standard InChI is InChI=1S/C24H25ClN4O2S/c1-15(23(30)26-18-10-9-16-5-4-6-17(16)13-18)32-24-28-27-22(29(24)19-11-12-19)14-31-21-8-3-2-7-20(21)25/h2-3,7-10,13,15,19H,4-6,11-12,14H2,1H3,(H,26,30)/t15-/m1/s1. The zero-order chi connectivity index (χ0) is 22.1. The first-order valence-electron chi connectivity index (χ1n) is 11.0. The van der Waals surface area contributed by atoms with E-state index < -0.39 is 0 Å². The minimum atomic E-state index is -0.303. The van der Waals surface area contributed by atoms with Crippen molar-refractivity contribution in [1.82, 2.24) is 14.8 Å². The van der Waals surface area contributed by atoms with Crippen LogP contribution in [0.5, 0.6) is 5.75 Å². The lowest BCUT2D eigenvalue weighted by molar-refractivity contribution is -0.115. The van der Waals surface area contributed by atoms with Gasteiger partial charge in [0.15, 0.2) is 11.0 Å². The van der Waals surface area contributed by atoms with Gasteiger partial charge in [-0.3, -0.25) is 9.36 Å². The van der Waals surface area contributed by atoms with E-state index in [1.54, 1.807) is 6.07 Å². The summed E-state index contributed by atoms with van der Waals surface area (Å²) in [7, 11) is 0. The van der Waals surface area contributed by atoms with E-state index >= 15 is 0 Å². The Morgan fingerprint density at radius 2 is 2.03 bits per heavy atom. The van der Waals surface area contributed by atoms with Crippen LogP contribution in [0.4, 0.5) is 5.69 Å². The molecule has 2 aliphatic rings. The molecule has 1 N–H and O–H groups in total. The SMILES string of the molecule is C[C@@H](Sc1nnc(COc2ccccc2Cl)n1C1CC1)C(=O)Nc1ccc2c(c1)CCC2. The third kappa shape index (κ3) is 4.64. The normalized spacial score (nSPS) is 15.9. The highest BCUT2D eigenvalue weighted by molar-refractivity contribution is 8.00. The van der Waals surface area contributed by atoms with Crippen molar-refractivity contribution < 1.29 is 9.53 Å². The van der Waals surface area contributed by atoms with E-state index in [0.717, 1.165) is 42.4 Å². The van der Waals surface area contributed by atoms with Crippen molar-refractivity contribution >= 4 is 35.0 Å². The number of aryl methyl sites for hydroxylation is 2. The number of benzene rings is 2. The van der Waals surface area contributed by atoms with Crippen LogP contribution in [0.3, 0.4) is 0 Å². The second-order valence-electron chi connectivity index (χ2n) is 8.31. The average Bonchev–Trinajstić information content (AvgIpc) is 3.38. The molecular weight excluding hydrogens is 444 g/mol. The summed E-state index contributed by atoms with van der Waals surface area (Å²) in [6, 6.07) is 14.0. The predicted molar refractivity (Wildman–Crippen MR) is 126 cm³/mol. The molecule has 0 radical (unpaired) electrons. The quantitative estimate of drug-likeness (QED) is 0.445. The van der Waals surface area contributed by atoms with Crippen LogP contribution in [0.15, 0.2) is 47.6 Å². The molecule has 3 aromatic rings. The van der Waals surface area contributed by atoms with Gasteiger partial charge in [-0.25, -0.2) is 0 Å². The third-order valence-electron chi connectivity index (χ3n) is 5.86. The van der Waals surface area contributed by atoms with Gasteiger partial charge in [0.25, 0.3) is 0 Å². The molecule has 1 fully saturated rings. The monoisotopic (exact) mass is 468 g/mol. The van der Waals surface area contributed by atoms with Gasteiger partial charge in [-0.1, -0.05) is 41.6 Å². The second-order valence-corrected chi connectivity index (χ2v) is 10.0. The minimum Gasteiger partial charge on any atom is -0.484 e. The van der Waals surface area contributed by atoms with Crippen LogP contribution in [-0.4, -0.2) is 25.9 Å². The summed E-state index contributed by atoms with van der Waals surface area (Å²) in [5.41, 5.74) is 3.61. The third-order valence-corrected chi connectivity index (χ3v) is 7.23. The number of hydrogen-bond acceptors (Lipinski definition) is 5. The second kappa shape index (κ2) is 9.16. The summed E-state index contributed by atoms with van der Waals surface area (Å²) in [6.07, 6.45) is 5.58. The molecule has 1 aromatic heterocycles. The van der Waals surface area contributed by atoms with Gasteiger partial charge in [-0.15, -0.1) is 10.2 Å². The van der Waals surface area contributed by atoms with Gasteiger partial charge in [-0.05, 0) is 74.4 Å². The Morgan fingerprint density at radius 3 is 2.84 bits per heavy atom. The van der Waals surface area contributed by atoms with E-state index in [4.69, 9.17) is 16.3 Å². The number of nitrogens with one attached hydrogen (secondary N) is 1. The molecule has 166 valence electrons. The maximum atomic E-state index is 12.8. The van der Waals surface area contributed by atoms with Crippen molar-refractivity contribution in [1.29, 1.82) is 0 Å². The van der Waals surface area contributed by atoms with Crippen molar-refractivity contribution in [3.63, 3.8) is 0 Å². The number of carbonyl (C=O) groups excluding carboxylic acids is 1. The number of hydrogen-bond donors (Lipinski definition) is 1. The van der Waals surface area contributed by atoms with Gasteiger partial charge < -0.3 is 10.1 Å². The van der Waals surface area contributed by atoms with Crippen molar-refractivity contribution in [2.24, 2.45) is 0 Å². The Morgan fingerprint density at radius 1 is 1.22 bits per heavy atom. The van der Waals surface area contributed by atoms with Crippen molar-refractivity contribution in [3.8, 4) is 5.75 Å². The first-order valence-corrected chi connectivity index (χ1v) is 12.2. The molecule has 0 spiro atoms. The molecule has 0 saturated heterocycles. The van der Waals surface area contributed by atoms with Crippen LogP contribution in [0.1, 0.15) is 49.2 Å². The fraction of sp³-hybridized carbons (Fsp3) is 0.375. The van der Waals surface area contributed by atoms with Gasteiger partial charge in [0, 0.05) is 11.7 Å². The molecule has 1 saturated carbocycles. The van der Waals surface area contributed by atoms with Crippen LogP contribution in [0.2, 0.25) is 5.02 Å². The van der Waals surface area contributed by atoms with Gasteiger partial charge in [0.1, 0.15) is 12.4 Å². The van der Waals surface area contributed by atoms with Crippen molar-refractivity contribution in [2.45, 2.75) is 62.1 Å². The largest absolute Gasteiger partial charge is 0.484 e. The number of aromatic nitrogens is 3. The summed E-state index contributed by atoms with van der Waals surface area (Å²) >= 11 is 7.63. The van der Waals surface area contributed by atoms with E-state index in [9.17, 15) is 4.79 Å². The number of carbonyl (C=O) groups is 1. The minimum absolute atomic E-state index is 0.0350. The Labute approximate surface area is 196 Å². The summed E-state index contributed by atoms with van der Waals surface area (Å²) in [5, 5.41) is 12.8. The zero-order valence-electron chi connectivity index (χ0n) is 17.9. The molecule has 0 bridgehead atoms. The topological polar surface area (TPSA) is 69.0 Å². The summed E-state index contributed by atoms with van der Waals surface area (Å²) < 4.78 is 7.99. The van der Waals surface area contributed by atoms with Crippen LogP contribution < -0.4 is 10.1 Å². The number of ether oxygens (including phenoxy) is 1. The summed E-state index contributed by atoms with van der Waals surface area (Å²) in [5.74, 6) is 1.34. The van der Waals surface area contributed by atoms with Gasteiger partial charge in [0.05, 0.1) is 10.3 Å². The number of fused-ring (bicyclic) bond motifs is 1. The van der Waals surface area contributed by atoms with Gasteiger partial charge in [-0.2, -0.15) is 0 Å². The molecule has 5 rings (SSSR count). The molecule has 32 heavy (non-hydrogen) atoms. The first kappa shape index (κ1) is 21.3. The lowest BCUT2D eigenvalue weighted by atomic mass is 10.1. The van der Waals surface area contributed by atoms with Crippen LogP contribution in [0, 0.1) is 0 Å². The number of amides is 1. The molecule has 0 aliphatic heterocycles. The molecule has 1 heterocycles. The number of rotatable bonds is 8. The highest BCUT2D eigenvalue weighted by Crippen LogP contribution is 2.40. The maximum absolute atomic E-state index is 12.8. The summed E-state index contributed by atoms with van der Waals surface area (Å²) in [4.78, 5) is 12.8. The Balaban J connectivity index is 1.25. The molecule has 0 unspecified atom stereocenters.